The van der Waals surface area contributed by atoms with E-state index in [2.05, 4.69) is 10.1 Å². The van der Waals surface area contributed by atoms with Crippen LogP contribution in [0.3, 0.4) is 0 Å². The minimum Gasteiger partial charge on any atom is -0.458 e. The summed E-state index contributed by atoms with van der Waals surface area (Å²) in [4.78, 5) is 16.5. The van der Waals surface area contributed by atoms with Gasteiger partial charge in [-0.25, -0.2) is 9.67 Å². The minimum atomic E-state index is -1.09. The van der Waals surface area contributed by atoms with Crippen LogP contribution >= 0.6 is 34.8 Å². The Morgan fingerprint density at radius 2 is 1.48 bits per heavy atom. The predicted octanol–water partition coefficient (Wildman–Crippen LogP) is 4.81. The van der Waals surface area contributed by atoms with Crippen molar-refractivity contribution in [2.75, 3.05) is 0 Å². The first-order valence-electron chi connectivity index (χ1n) is 8.14. The molecule has 5 nitrogen and oxygen atoms in total. The van der Waals surface area contributed by atoms with Gasteiger partial charge in [0.2, 0.25) is 5.78 Å². The Hall–Kier alpha value is -0.781. The van der Waals surface area contributed by atoms with E-state index in [0.29, 0.717) is 10.9 Å². The van der Waals surface area contributed by atoms with Crippen LogP contribution in [0.15, 0.2) is 24.8 Å². The van der Waals surface area contributed by atoms with Crippen molar-refractivity contribution in [1.82, 2.24) is 14.8 Å². The topological polar surface area (TPSA) is 57.0 Å². The fourth-order valence-corrected chi connectivity index (χ4v) is 3.23. The standard InChI is InChI=1S/C15H9Cl3N3O2.C5H5.Fe/c16-10-5-11(17)14(12(18)6-10)23-15(21-8-19-7-20-21)13(22)9-3-1-2-4-9;1-2-4-5-3-1;/h1-8,15H;1-5H;/q;;+2. The monoisotopic (exact) mass is 489 g/mol. The third-order valence-corrected chi connectivity index (χ3v) is 4.38. The third kappa shape index (κ3) is 6.86. The van der Waals surface area contributed by atoms with E-state index in [1.807, 2.05) is 32.1 Å². The van der Waals surface area contributed by atoms with Crippen molar-refractivity contribution in [3.8, 4) is 5.75 Å². The summed E-state index contributed by atoms with van der Waals surface area (Å²) < 4.78 is 7.04. The van der Waals surface area contributed by atoms with E-state index in [0.717, 1.165) is 0 Å². The minimum absolute atomic E-state index is 0. The molecule has 0 aliphatic heterocycles. The van der Waals surface area contributed by atoms with Crippen LogP contribution in [-0.4, -0.2) is 20.5 Å². The molecular weight excluding hydrogens is 476 g/mol. The average molecular weight is 491 g/mol. The van der Waals surface area contributed by atoms with Gasteiger partial charge in [0.1, 0.15) is 12.7 Å². The number of ether oxygens (including phenoxy) is 1. The molecule has 1 atom stereocenters. The number of carbonyl (C=O) groups excluding carboxylic acids is 1. The van der Waals surface area contributed by atoms with E-state index in [1.165, 1.54) is 29.5 Å². The van der Waals surface area contributed by atoms with Crippen LogP contribution in [0.2, 0.25) is 15.1 Å². The largest absolute Gasteiger partial charge is 2.00 e. The molecule has 0 N–H and O–H groups in total. The summed E-state index contributed by atoms with van der Waals surface area (Å²) in [6, 6.07) is 2.96. The normalized spacial score (nSPS) is 17.2. The van der Waals surface area contributed by atoms with Crippen molar-refractivity contribution >= 4 is 40.6 Å². The molecule has 2 aliphatic carbocycles. The number of carbonyl (C=O) groups is 1. The molecule has 0 saturated heterocycles. The summed E-state index contributed by atoms with van der Waals surface area (Å²) in [5, 5.41) is 4.73. The van der Waals surface area contributed by atoms with Crippen LogP contribution in [0.5, 0.6) is 5.75 Å². The Balaban J connectivity index is 0.000000437. The van der Waals surface area contributed by atoms with Crippen LogP contribution in [-0.2, 0) is 21.9 Å². The maximum Gasteiger partial charge on any atom is 2.00 e. The number of benzene rings is 1. The zero-order valence-electron chi connectivity index (χ0n) is 14.7. The van der Waals surface area contributed by atoms with Gasteiger partial charge in [0.25, 0.3) is 6.23 Å². The second-order valence-corrected chi connectivity index (χ2v) is 6.80. The van der Waals surface area contributed by atoms with Crippen molar-refractivity contribution in [2.24, 2.45) is 0 Å². The Kier molecular flexibility index (Phi) is 10.3. The zero-order valence-corrected chi connectivity index (χ0v) is 18.1. The molecule has 0 spiro atoms. The number of ketones is 1. The first-order valence-corrected chi connectivity index (χ1v) is 9.27. The molecule has 2 aromatic rings. The molecule has 4 rings (SSSR count). The van der Waals surface area contributed by atoms with Crippen LogP contribution in [0.1, 0.15) is 6.23 Å². The summed E-state index contributed by atoms with van der Waals surface area (Å²) in [6.07, 6.45) is 18.5. The van der Waals surface area contributed by atoms with Gasteiger partial charge in [0, 0.05) is 5.02 Å². The fraction of sp³-hybridized carbons (Fsp3) is 0.0500. The van der Waals surface area contributed by atoms with Gasteiger partial charge in [-0.05, 0) is 69.9 Å². The van der Waals surface area contributed by atoms with Crippen LogP contribution in [0.25, 0.3) is 0 Å². The molecule has 0 bridgehead atoms. The van der Waals surface area contributed by atoms with Crippen molar-refractivity contribution in [3.63, 3.8) is 0 Å². The molecule has 0 amide bonds. The number of Topliss-reactive ketones (excluding diaryl/α,β-unsaturated/α-hetero) is 1. The molecule has 2 saturated carbocycles. The average Bonchev–Trinajstić information content (AvgIpc) is 3.45. The van der Waals surface area contributed by atoms with Gasteiger partial charge in [0.15, 0.2) is 5.75 Å². The molecule has 1 heterocycles. The SMILES string of the molecule is O=C([C]1[CH][CH][CH][CH]1)C(Oc1c(Cl)cc(Cl)cc1Cl)n1cncn1.[CH]1[CH][CH][CH][CH]1.[Fe+2]. The first kappa shape index (κ1) is 24.5. The predicted molar refractivity (Wildman–Crippen MR) is 108 cm³/mol. The molecule has 9 heteroatoms. The van der Waals surface area contributed by atoms with Crippen molar-refractivity contribution in [3.05, 3.63) is 104 Å². The summed E-state index contributed by atoms with van der Waals surface area (Å²) in [5.74, 6) is 0.326. The van der Waals surface area contributed by atoms with E-state index < -0.39 is 6.23 Å². The number of aromatic nitrogens is 3. The molecule has 2 fully saturated rings. The third-order valence-electron chi connectivity index (χ3n) is 3.60. The van der Waals surface area contributed by atoms with E-state index in [4.69, 9.17) is 39.5 Å². The Morgan fingerprint density at radius 1 is 0.931 bits per heavy atom. The van der Waals surface area contributed by atoms with E-state index in [-0.39, 0.29) is 38.6 Å². The second kappa shape index (κ2) is 12.2. The Bertz CT molecular complexity index is 749. The van der Waals surface area contributed by atoms with Crippen LogP contribution in [0.4, 0.5) is 0 Å². The van der Waals surface area contributed by atoms with Gasteiger partial charge in [-0.15, -0.1) is 0 Å². The van der Waals surface area contributed by atoms with E-state index in [9.17, 15) is 4.79 Å². The molecule has 148 valence electrons. The summed E-state index contributed by atoms with van der Waals surface area (Å²) in [5.41, 5.74) is 0. The molecule has 1 unspecified atom stereocenters. The molecule has 1 aromatic heterocycles. The summed E-state index contributed by atoms with van der Waals surface area (Å²) >= 11 is 18.1. The number of hydrogen-bond acceptors (Lipinski definition) is 4. The van der Waals surface area contributed by atoms with Gasteiger partial charge >= 0.3 is 17.1 Å². The molecule has 1 aromatic carbocycles. The van der Waals surface area contributed by atoms with Crippen LogP contribution in [0, 0.1) is 63.7 Å². The quantitative estimate of drug-likeness (QED) is 0.565. The van der Waals surface area contributed by atoms with Crippen molar-refractivity contribution < 1.29 is 26.6 Å². The van der Waals surface area contributed by atoms with E-state index in [1.54, 1.807) is 25.7 Å². The number of rotatable bonds is 5. The van der Waals surface area contributed by atoms with Crippen molar-refractivity contribution in [2.45, 2.75) is 6.23 Å². The fourth-order valence-electron chi connectivity index (χ4n) is 2.32. The maximum absolute atomic E-state index is 12.7. The number of nitrogens with zero attached hydrogens (tertiary/aromatic N) is 3. The van der Waals surface area contributed by atoms with E-state index >= 15 is 0 Å². The zero-order chi connectivity index (χ0) is 19.9. The molecule has 29 heavy (non-hydrogen) atoms. The summed E-state index contributed by atoms with van der Waals surface area (Å²) in [7, 11) is 0. The number of hydrogen-bond donors (Lipinski definition) is 0. The number of halogens is 3. The second-order valence-electron chi connectivity index (χ2n) is 5.54. The van der Waals surface area contributed by atoms with Crippen molar-refractivity contribution in [1.29, 1.82) is 0 Å². The molecule has 10 radical (unpaired) electrons. The molecular formula is C20H14Cl3FeN3O2+2. The smallest absolute Gasteiger partial charge is 0.458 e. The summed E-state index contributed by atoms with van der Waals surface area (Å²) in [6.45, 7) is 0. The Labute approximate surface area is 196 Å². The van der Waals surface area contributed by atoms with Gasteiger partial charge in [-0.3, -0.25) is 4.79 Å². The van der Waals surface area contributed by atoms with Gasteiger partial charge in [0.05, 0.1) is 16.0 Å². The maximum atomic E-state index is 12.7. The first-order chi connectivity index (χ1) is 13.6. The van der Waals surface area contributed by atoms with Crippen LogP contribution < -0.4 is 4.74 Å². The van der Waals surface area contributed by atoms with Gasteiger partial charge < -0.3 is 4.74 Å². The van der Waals surface area contributed by atoms with Gasteiger partial charge in [-0.1, -0.05) is 34.8 Å². The Morgan fingerprint density at radius 3 is 1.97 bits per heavy atom. The molecule has 2 aliphatic rings. The van der Waals surface area contributed by atoms with Gasteiger partial charge in [-0.2, -0.15) is 5.10 Å².